The van der Waals surface area contributed by atoms with Gasteiger partial charge >= 0.3 is 6.55 Å². The molecule has 0 spiro atoms. The van der Waals surface area contributed by atoms with E-state index in [1.165, 1.54) is 23.4 Å². The molecule has 1 atom stereocenters. The molecule has 1 amide bonds. The summed E-state index contributed by atoms with van der Waals surface area (Å²) < 4.78 is 29.0. The SMILES string of the molecule is Nc1ncccc1-c1nc2ccc(-c3ccn(C(F)F)n3)nc2n1-c1ccc2c(c1)CC[C@@H]2NC1CCN(C(=O)C2CC2)CC1. The van der Waals surface area contributed by atoms with Gasteiger partial charge in [-0.15, -0.1) is 0 Å². The van der Waals surface area contributed by atoms with E-state index in [9.17, 15) is 13.6 Å². The van der Waals surface area contributed by atoms with Crippen LogP contribution in [-0.4, -0.2) is 59.2 Å². The number of nitrogens with one attached hydrogen (secondary N) is 1. The van der Waals surface area contributed by atoms with Crippen LogP contribution in [0.1, 0.15) is 55.8 Å². The number of amides is 1. The van der Waals surface area contributed by atoms with Crippen molar-refractivity contribution in [3.8, 4) is 28.5 Å². The predicted octanol–water partition coefficient (Wildman–Crippen LogP) is 5.30. The third-order valence-corrected chi connectivity index (χ3v) is 9.29. The van der Waals surface area contributed by atoms with E-state index >= 15 is 0 Å². The number of carbonyl (C=O) groups is 1. The van der Waals surface area contributed by atoms with Gasteiger partial charge in [-0.3, -0.25) is 9.36 Å². The van der Waals surface area contributed by atoms with E-state index in [2.05, 4.69) is 38.5 Å². The molecule has 45 heavy (non-hydrogen) atoms. The van der Waals surface area contributed by atoms with E-state index in [0.29, 0.717) is 56.4 Å². The van der Waals surface area contributed by atoms with Gasteiger partial charge in [-0.2, -0.15) is 13.9 Å². The molecule has 2 aliphatic carbocycles. The molecule has 1 aliphatic heterocycles. The average molecular weight is 610 g/mol. The predicted molar refractivity (Wildman–Crippen MR) is 166 cm³/mol. The van der Waals surface area contributed by atoms with Gasteiger partial charge < -0.3 is 16.0 Å². The minimum Gasteiger partial charge on any atom is -0.383 e. The molecule has 5 aromatic rings. The summed E-state index contributed by atoms with van der Waals surface area (Å²) in [7, 11) is 0. The van der Waals surface area contributed by atoms with Gasteiger partial charge in [0.25, 0.3) is 0 Å². The van der Waals surface area contributed by atoms with Gasteiger partial charge in [0, 0.05) is 49.2 Å². The number of rotatable bonds is 7. The van der Waals surface area contributed by atoms with E-state index in [0.717, 1.165) is 57.3 Å². The molecule has 0 unspecified atom stereocenters. The van der Waals surface area contributed by atoms with Crippen molar-refractivity contribution in [2.75, 3.05) is 18.8 Å². The first-order valence-corrected chi connectivity index (χ1v) is 15.5. The van der Waals surface area contributed by atoms with Crippen molar-refractivity contribution < 1.29 is 13.6 Å². The van der Waals surface area contributed by atoms with Crippen molar-refractivity contribution >= 4 is 22.9 Å². The molecule has 1 saturated heterocycles. The van der Waals surface area contributed by atoms with Crippen molar-refractivity contribution in [2.45, 2.75) is 57.2 Å². The molecular weight excluding hydrogens is 576 g/mol. The second-order valence-electron chi connectivity index (χ2n) is 12.2. The lowest BCUT2D eigenvalue weighted by atomic mass is 10.0. The molecule has 0 bridgehead atoms. The summed E-state index contributed by atoms with van der Waals surface area (Å²) in [6.45, 7) is -1.07. The van der Waals surface area contributed by atoms with Gasteiger partial charge in [-0.1, -0.05) is 6.07 Å². The minimum absolute atomic E-state index is 0.257. The van der Waals surface area contributed by atoms with Crippen molar-refractivity contribution in [1.29, 1.82) is 0 Å². The Morgan fingerprint density at radius 3 is 2.58 bits per heavy atom. The Hall–Kier alpha value is -4.71. The first-order chi connectivity index (χ1) is 21.9. The maximum atomic E-state index is 13.2. The molecule has 0 radical (unpaired) electrons. The maximum absolute atomic E-state index is 13.2. The average Bonchev–Trinajstić information content (AvgIpc) is 3.46. The molecule has 1 saturated carbocycles. The molecule has 5 heterocycles. The Balaban J connectivity index is 1.12. The Morgan fingerprint density at radius 2 is 1.82 bits per heavy atom. The van der Waals surface area contributed by atoms with E-state index in [1.54, 1.807) is 12.3 Å². The Labute approximate surface area is 258 Å². The monoisotopic (exact) mass is 609 g/mol. The molecule has 8 rings (SSSR count). The number of hydrogen-bond acceptors (Lipinski definition) is 7. The summed E-state index contributed by atoms with van der Waals surface area (Å²) >= 11 is 0. The van der Waals surface area contributed by atoms with Crippen molar-refractivity contribution in [1.82, 2.24) is 39.5 Å². The standard InChI is InChI=1S/C33H33F2N9O/c34-33(35)43-17-13-27(41-43)26-9-10-28-31(39-26)44(30(40-28)24-2-1-14-37-29(24)36)22-6-7-23-20(18-22)5-8-25(23)38-21-11-15-42(16-12-21)32(45)19-3-4-19/h1-2,6-7,9-10,13-14,17-19,21,25,33,38H,3-5,8,11-12,15-16H2,(H2,36,37)/t25-/m0/s1. The highest BCUT2D eigenvalue weighted by Gasteiger charge is 2.35. The number of benzene rings is 1. The van der Waals surface area contributed by atoms with Gasteiger partial charge in [0.05, 0.1) is 11.3 Å². The maximum Gasteiger partial charge on any atom is 0.333 e. The Kier molecular flexibility index (Phi) is 6.81. The molecule has 230 valence electrons. The molecule has 2 fully saturated rings. The second-order valence-corrected chi connectivity index (χ2v) is 12.2. The number of halogens is 2. The number of aromatic nitrogens is 6. The van der Waals surface area contributed by atoms with Crippen LogP contribution < -0.4 is 11.1 Å². The number of carbonyl (C=O) groups excluding carboxylic acids is 1. The first kappa shape index (κ1) is 27.8. The molecule has 1 aromatic carbocycles. The summed E-state index contributed by atoms with van der Waals surface area (Å²) in [5, 5.41) is 7.90. The number of fused-ring (bicyclic) bond motifs is 2. The van der Waals surface area contributed by atoms with Crippen LogP contribution in [0.5, 0.6) is 0 Å². The lowest BCUT2D eigenvalue weighted by molar-refractivity contribution is -0.133. The van der Waals surface area contributed by atoms with Gasteiger partial charge in [-0.25, -0.2) is 19.6 Å². The highest BCUT2D eigenvalue weighted by molar-refractivity contribution is 5.84. The lowest BCUT2D eigenvalue weighted by Gasteiger charge is -2.34. The quantitative estimate of drug-likeness (QED) is 0.257. The molecule has 3 aliphatic rings. The molecule has 12 heteroatoms. The van der Waals surface area contributed by atoms with E-state index in [1.807, 2.05) is 22.8 Å². The molecule has 10 nitrogen and oxygen atoms in total. The van der Waals surface area contributed by atoms with E-state index < -0.39 is 6.55 Å². The summed E-state index contributed by atoms with van der Waals surface area (Å²) in [4.78, 5) is 28.6. The van der Waals surface area contributed by atoms with Crippen LogP contribution in [0.25, 0.3) is 39.6 Å². The number of piperidine rings is 1. The topological polar surface area (TPSA) is 120 Å². The number of nitrogens with two attached hydrogens (primary N) is 1. The smallest absolute Gasteiger partial charge is 0.333 e. The largest absolute Gasteiger partial charge is 0.383 e. The number of anilines is 1. The number of likely N-dealkylation sites (tertiary alicyclic amines) is 1. The van der Waals surface area contributed by atoms with Crippen LogP contribution in [-0.2, 0) is 11.2 Å². The van der Waals surface area contributed by atoms with Crippen LogP contribution in [0.4, 0.5) is 14.6 Å². The number of alkyl halides is 2. The summed E-state index contributed by atoms with van der Waals surface area (Å²) in [5.41, 5.74) is 12.4. The lowest BCUT2D eigenvalue weighted by Crippen LogP contribution is -2.46. The van der Waals surface area contributed by atoms with Crippen molar-refractivity contribution in [3.05, 3.63) is 72.1 Å². The number of nitrogen functional groups attached to an aromatic ring is 1. The zero-order chi connectivity index (χ0) is 30.7. The highest BCUT2D eigenvalue weighted by Crippen LogP contribution is 2.37. The summed E-state index contributed by atoms with van der Waals surface area (Å²) in [5.74, 6) is 1.56. The Morgan fingerprint density at radius 1 is 0.978 bits per heavy atom. The van der Waals surface area contributed by atoms with Gasteiger partial charge in [0.15, 0.2) is 11.5 Å². The van der Waals surface area contributed by atoms with Crippen LogP contribution in [0.2, 0.25) is 0 Å². The third-order valence-electron chi connectivity index (χ3n) is 9.29. The number of nitrogens with zero attached hydrogens (tertiary/aromatic N) is 7. The van der Waals surface area contributed by atoms with Gasteiger partial charge in [0.2, 0.25) is 5.91 Å². The van der Waals surface area contributed by atoms with E-state index in [4.69, 9.17) is 15.7 Å². The highest BCUT2D eigenvalue weighted by atomic mass is 19.3. The van der Waals surface area contributed by atoms with Crippen molar-refractivity contribution in [3.63, 3.8) is 0 Å². The Bertz CT molecular complexity index is 1910. The zero-order valence-corrected chi connectivity index (χ0v) is 24.6. The third kappa shape index (κ3) is 5.12. The number of pyridine rings is 2. The first-order valence-electron chi connectivity index (χ1n) is 15.5. The minimum atomic E-state index is -2.73. The zero-order valence-electron chi connectivity index (χ0n) is 24.6. The van der Waals surface area contributed by atoms with Gasteiger partial charge in [-0.05, 0) is 92.1 Å². The fourth-order valence-corrected chi connectivity index (χ4v) is 6.77. The number of aryl methyl sites for hydroxylation is 1. The molecule has 4 aromatic heterocycles. The van der Waals surface area contributed by atoms with E-state index in [-0.39, 0.29) is 12.0 Å². The van der Waals surface area contributed by atoms with Crippen LogP contribution in [0, 0.1) is 5.92 Å². The van der Waals surface area contributed by atoms with Crippen LogP contribution in [0.15, 0.2) is 60.9 Å². The van der Waals surface area contributed by atoms with Crippen LogP contribution >= 0.6 is 0 Å². The second kappa shape index (κ2) is 11.0. The fraction of sp³-hybridized carbons (Fsp3) is 0.364. The normalized spacial score (nSPS) is 18.6. The summed E-state index contributed by atoms with van der Waals surface area (Å²) in [6, 6.07) is 15.9. The van der Waals surface area contributed by atoms with Crippen molar-refractivity contribution in [2.24, 2.45) is 5.92 Å². The van der Waals surface area contributed by atoms with Gasteiger partial charge in [0.1, 0.15) is 17.0 Å². The molecule has 3 N–H and O–H groups in total. The molecular formula is C33H33F2N9O. The number of imidazole rings is 1. The number of hydrogen-bond donors (Lipinski definition) is 2. The van der Waals surface area contributed by atoms with Crippen LogP contribution in [0.3, 0.4) is 0 Å². The fourth-order valence-electron chi connectivity index (χ4n) is 6.77. The summed E-state index contributed by atoms with van der Waals surface area (Å²) in [6.07, 6.45) is 8.86.